The third-order valence-corrected chi connectivity index (χ3v) is 22.5. The van der Waals surface area contributed by atoms with Crippen LogP contribution in [0, 0.1) is 5.92 Å². The first-order chi connectivity index (χ1) is 62.4. The minimum atomic E-state index is -1.88. The van der Waals surface area contributed by atoms with Gasteiger partial charge in [-0.15, -0.1) is 0 Å². The van der Waals surface area contributed by atoms with Crippen molar-refractivity contribution in [1.29, 1.82) is 0 Å². The highest BCUT2D eigenvalue weighted by Crippen LogP contribution is 2.24. The van der Waals surface area contributed by atoms with Crippen LogP contribution in [0.15, 0.2) is 60.8 Å². The Labute approximate surface area is 792 Å². The molecule has 0 saturated heterocycles. The highest BCUT2D eigenvalue weighted by molar-refractivity contribution is 6.05. The molecule has 45 nitrogen and oxygen atoms in total. The molecule has 0 fully saturated rings. The molecule has 3 aromatic rings. The highest BCUT2D eigenvalue weighted by Gasteiger charge is 2.48. The number of amides is 21. The number of aliphatic hydroxyl groups is 2. The highest BCUT2D eigenvalue weighted by atomic mass is 16.3. The molecule has 0 saturated carbocycles. The Hall–Kier alpha value is -13.2. The molecule has 0 aliphatic carbocycles. The van der Waals surface area contributed by atoms with E-state index in [1.165, 1.54) is 152 Å². The average molecular weight is 1910 g/mol. The number of carbonyl (C=O) groups is 21. The molecule has 45 heteroatoms. The minimum Gasteiger partial charge on any atom is -0.394 e. The van der Waals surface area contributed by atoms with E-state index in [9.17, 15) is 111 Å². The van der Waals surface area contributed by atoms with Gasteiger partial charge in [0.1, 0.15) is 97.7 Å². The van der Waals surface area contributed by atoms with Gasteiger partial charge in [-0.25, -0.2) is 0 Å². The Morgan fingerprint density at radius 2 is 0.735 bits per heavy atom. The van der Waals surface area contributed by atoms with Gasteiger partial charge in [0.25, 0.3) is 0 Å². The van der Waals surface area contributed by atoms with Gasteiger partial charge in [-0.1, -0.05) is 76.2 Å². The predicted octanol–water partition coefficient (Wildman–Crippen LogP) is -3.70. The van der Waals surface area contributed by atoms with E-state index in [2.05, 4.69) is 106 Å². The van der Waals surface area contributed by atoms with Crippen molar-refractivity contribution in [3.63, 3.8) is 0 Å². The molecule has 756 valence electrons. The van der Waals surface area contributed by atoms with Crippen molar-refractivity contribution < 1.29 is 111 Å². The molecular weight excluding hydrogens is 1770 g/mol. The van der Waals surface area contributed by atoms with Crippen molar-refractivity contribution in [2.75, 3.05) is 19.8 Å². The van der Waals surface area contributed by atoms with Crippen molar-refractivity contribution in [2.45, 2.75) is 335 Å². The molecule has 21 amide bonds. The zero-order chi connectivity index (χ0) is 104. The number of fused-ring (bicyclic) bond motifs is 1. The number of benzene rings is 2. The van der Waals surface area contributed by atoms with Crippen LogP contribution >= 0.6 is 0 Å². The van der Waals surface area contributed by atoms with Gasteiger partial charge in [0, 0.05) is 43.3 Å². The van der Waals surface area contributed by atoms with Gasteiger partial charge < -0.3 is 128 Å². The monoisotopic (exact) mass is 1910 g/mol. The van der Waals surface area contributed by atoms with Crippen LogP contribution in [0.3, 0.4) is 0 Å². The van der Waals surface area contributed by atoms with Crippen molar-refractivity contribution in [1.82, 2.24) is 106 Å². The Bertz CT molecular complexity index is 4910. The number of rotatable bonds is 53. The van der Waals surface area contributed by atoms with E-state index in [4.69, 9.17) is 11.5 Å². The van der Waals surface area contributed by atoms with Crippen molar-refractivity contribution in [3.8, 4) is 0 Å². The van der Waals surface area contributed by atoms with Gasteiger partial charge in [-0.05, 0) is 200 Å². The molecule has 1 heterocycles. The summed E-state index contributed by atoms with van der Waals surface area (Å²) in [7, 11) is 0. The predicted molar refractivity (Wildman–Crippen MR) is 500 cm³/mol. The summed E-state index contributed by atoms with van der Waals surface area (Å²) >= 11 is 0. The molecule has 0 aliphatic heterocycles. The molecule has 1 aromatic heterocycles. The van der Waals surface area contributed by atoms with Gasteiger partial charge in [-0.2, -0.15) is 0 Å². The van der Waals surface area contributed by atoms with Crippen LogP contribution in [0.5, 0.6) is 0 Å². The molecule has 26 N–H and O–H groups in total. The van der Waals surface area contributed by atoms with Gasteiger partial charge in [-0.3, -0.25) is 101 Å². The SMILES string of the molecule is CCC(C)(NC(=O)C(C)(C)NC(=O)C(CO)NC(=O)C(C)(C)NC(=O)C(Cc1ccccc1)NC(C)=O)C(=O)NC(CC(C)C)C(=O)NC(CCC(N)=O)C(=O)NCC(=O)NC(C)(C)C(=O)NC(C)(C)C(=O)NC(C)C(=O)NC(C)C(=O)NC(C)(C)C(=O)NC(C)(CC)C(=O)NC(C)(C)C(=O)NC(C)(C)C(=O)NC(C)(C)C(=O)NC(CCC(N)=O)C(=O)NC(CO)Cc1c[nH]c2ccccc12. The fourth-order valence-corrected chi connectivity index (χ4v) is 13.0. The Kier molecular flexibility index (Phi) is 42.0. The van der Waals surface area contributed by atoms with E-state index >= 15 is 0 Å². The van der Waals surface area contributed by atoms with Crippen molar-refractivity contribution in [3.05, 3.63) is 71.9 Å². The maximum Gasteiger partial charge on any atom is 0.246 e. The van der Waals surface area contributed by atoms with Crippen LogP contribution in [0.2, 0.25) is 0 Å². The maximum atomic E-state index is 14.3. The first kappa shape index (κ1) is 117. The van der Waals surface area contributed by atoms with Crippen LogP contribution in [-0.2, 0) is 114 Å². The molecule has 0 bridgehead atoms. The number of H-pyrrole nitrogens is 1. The summed E-state index contributed by atoms with van der Waals surface area (Å²) < 4.78 is 0. The molecule has 0 radical (unpaired) electrons. The molecule has 136 heavy (non-hydrogen) atoms. The van der Waals surface area contributed by atoms with E-state index in [0.29, 0.717) is 5.56 Å². The molecule has 2 aromatic carbocycles. The number of nitrogens with one attached hydrogen (secondary N) is 20. The fraction of sp³-hybridized carbons (Fsp3) is 0.615. The minimum absolute atomic E-state index is 0.0669. The topological polar surface area (TPSA) is 695 Å². The number of hydrogen-bond donors (Lipinski definition) is 24. The zero-order valence-electron chi connectivity index (χ0n) is 82.6. The number of carbonyl (C=O) groups excluding carboxylic acids is 21. The summed E-state index contributed by atoms with van der Waals surface area (Å²) in [5.41, 5.74) is -4.97. The second kappa shape index (κ2) is 48.8. The van der Waals surface area contributed by atoms with E-state index in [1.807, 2.05) is 24.3 Å². The van der Waals surface area contributed by atoms with Crippen LogP contribution in [0.1, 0.15) is 229 Å². The standard InChI is InChI=1S/C91H144N22O23/c1-26-90(24,112-79(134)87(18,19)107-71(126)61(47-115)103-73(128)82(8,9)106-70(125)60(98-51(7)116)42-52-33-29-28-30-34-52)80(135)102-59(41-48(3)4)69(124)100-57(37-39-62(92)117)67(122)95-45-64(119)104-85(14,15)75(130)108-83(10,11)72(127)97-49(5)65(120)96-50(6)66(121)105-86(16,17)78(133)113-91(25,27-2)81(136)111-89(22,23)77(132)110-88(20,21)76(131)109-84(12,13)74(129)101-58(38-40-63(93)118)68(123)99-54(46-114)43-53-44-94-56-36-32-31-35-55(53)56/h28-36,44,48-50,54,57-61,94,114-115H,26-27,37-43,45-47H2,1-25H3,(H2,92,117)(H2,93,118)(H,95,122)(H,96,120)(H,97,127)(H,98,116)(H,99,123)(H,100,124)(H,101,129)(H,102,135)(H,103,128)(H,104,119)(H,105,121)(H,106,125)(H,107,126)(H,108,130)(H,109,131)(H,110,132)(H,111,136)(H,112,134)(H,113,133). The van der Waals surface area contributed by atoms with Gasteiger partial charge in [0.05, 0.1) is 25.8 Å². The van der Waals surface area contributed by atoms with Gasteiger partial charge in [0.2, 0.25) is 124 Å². The third kappa shape index (κ3) is 35.2. The van der Waals surface area contributed by atoms with Crippen molar-refractivity contribution >= 4 is 135 Å². The molecule has 10 unspecified atom stereocenters. The number of para-hydroxylation sites is 1. The Morgan fingerprint density at radius 1 is 0.353 bits per heavy atom. The first-order valence-electron chi connectivity index (χ1n) is 44.7. The lowest BCUT2D eigenvalue weighted by atomic mass is 9.92. The van der Waals surface area contributed by atoms with Crippen LogP contribution in [0.25, 0.3) is 10.9 Å². The first-order valence-corrected chi connectivity index (χ1v) is 44.7. The average Bonchev–Trinajstić information content (AvgIpc) is 1.32. The number of nitrogens with two attached hydrogens (primary N) is 2. The molecule has 0 aliphatic rings. The van der Waals surface area contributed by atoms with Crippen LogP contribution in [-0.4, -0.2) is 263 Å². The van der Waals surface area contributed by atoms with E-state index < -0.39 is 260 Å². The molecule has 3 rings (SSSR count). The summed E-state index contributed by atoms with van der Waals surface area (Å²) in [6.07, 6.45) is 0.277. The number of aromatic amines is 1. The second-order valence-electron chi connectivity index (χ2n) is 39.1. The lowest BCUT2D eigenvalue weighted by molar-refractivity contribution is -0.142. The largest absolute Gasteiger partial charge is 0.394 e. The summed E-state index contributed by atoms with van der Waals surface area (Å²) in [5.74, 6) is -19.0. The lowest BCUT2D eigenvalue weighted by Crippen LogP contribution is -2.69. The van der Waals surface area contributed by atoms with Crippen LogP contribution < -0.4 is 112 Å². The summed E-state index contributed by atoms with van der Waals surface area (Å²) in [6, 6.07) is 5.34. The quantitative estimate of drug-likeness (QED) is 0.0259. The normalized spacial score (nSPS) is 14.7. The number of aliphatic hydroxyl groups excluding tert-OH is 2. The second-order valence-corrected chi connectivity index (χ2v) is 39.1. The fourth-order valence-electron chi connectivity index (χ4n) is 13.0. The molecule has 10 atom stereocenters. The lowest BCUT2D eigenvalue weighted by Gasteiger charge is -2.38. The number of primary amides is 2. The molecule has 0 spiro atoms. The Balaban J connectivity index is 1.60. The smallest absolute Gasteiger partial charge is 0.246 e. The van der Waals surface area contributed by atoms with Crippen molar-refractivity contribution in [2.24, 2.45) is 17.4 Å². The molecular formula is C91H144N22O23. The maximum absolute atomic E-state index is 14.3. The number of hydrogen-bond acceptors (Lipinski definition) is 23. The zero-order valence-corrected chi connectivity index (χ0v) is 82.6. The van der Waals surface area contributed by atoms with Gasteiger partial charge in [0.15, 0.2) is 0 Å². The van der Waals surface area contributed by atoms with E-state index in [-0.39, 0.29) is 50.9 Å². The van der Waals surface area contributed by atoms with E-state index in [0.717, 1.165) is 16.5 Å². The summed E-state index contributed by atoms with van der Waals surface area (Å²) in [4.78, 5) is 289. The summed E-state index contributed by atoms with van der Waals surface area (Å²) in [5, 5.41) is 69.3. The summed E-state index contributed by atoms with van der Waals surface area (Å²) in [6.45, 7) is 31.3. The van der Waals surface area contributed by atoms with Gasteiger partial charge >= 0.3 is 0 Å². The van der Waals surface area contributed by atoms with Crippen LogP contribution in [0.4, 0.5) is 0 Å². The Morgan fingerprint density at radius 3 is 1.20 bits per heavy atom. The third-order valence-electron chi connectivity index (χ3n) is 22.5. The van der Waals surface area contributed by atoms with E-state index in [1.54, 1.807) is 57.3 Å². The number of aromatic nitrogens is 1.